The van der Waals surface area contributed by atoms with Gasteiger partial charge in [0.1, 0.15) is 22.4 Å². The Morgan fingerprint density at radius 2 is 1.88 bits per heavy atom. The van der Waals surface area contributed by atoms with E-state index in [2.05, 4.69) is 21.5 Å². The molecule has 168 valence electrons. The first kappa shape index (κ1) is 23.5. The number of carbonyl (C=O) groups excluding carboxylic acids is 1. The smallest absolute Gasteiger partial charge is 0.220 e. The first-order valence-corrected chi connectivity index (χ1v) is 10.8. The number of primary amides is 1. The maximum Gasteiger partial charge on any atom is 0.220 e. The Morgan fingerprint density at radius 1 is 1.09 bits per heavy atom. The Morgan fingerprint density at radius 3 is 2.59 bits per heavy atom. The predicted octanol–water partition coefficient (Wildman–Crippen LogP) is 4.06. The second-order valence-electron chi connectivity index (χ2n) is 7.93. The van der Waals surface area contributed by atoms with Crippen LogP contribution in [0.25, 0.3) is 22.1 Å². The average Bonchev–Trinajstić information content (AvgIpc) is 3.15. The number of fused-ring (bicyclic) bond motifs is 3. The molecule has 4 rings (SSSR count). The van der Waals surface area contributed by atoms with Gasteiger partial charge in [0, 0.05) is 25.1 Å². The minimum absolute atomic E-state index is 0. The Kier molecular flexibility index (Phi) is 7.64. The van der Waals surface area contributed by atoms with E-state index < -0.39 is 0 Å². The summed E-state index contributed by atoms with van der Waals surface area (Å²) in [6.45, 7) is 2.77. The van der Waals surface area contributed by atoms with E-state index in [0.717, 1.165) is 47.2 Å². The number of hydrogen-bond donors (Lipinski definition) is 2. The largest absolute Gasteiger partial charge is 0.382 e. The number of anilines is 1. The van der Waals surface area contributed by atoms with Crippen molar-refractivity contribution in [2.75, 3.05) is 5.73 Å². The molecule has 0 aliphatic rings. The van der Waals surface area contributed by atoms with E-state index in [9.17, 15) is 4.79 Å². The second kappa shape index (κ2) is 10.4. The molecule has 0 saturated heterocycles. The molecular formula is C24H29ClN6O. The number of carbonyl (C=O) groups is 1. The van der Waals surface area contributed by atoms with Gasteiger partial charge in [0.15, 0.2) is 5.82 Å². The van der Waals surface area contributed by atoms with Crippen molar-refractivity contribution in [1.82, 2.24) is 19.5 Å². The number of amides is 1. The zero-order chi connectivity index (χ0) is 21.8. The fraction of sp³-hybridized carbons (Fsp3) is 0.333. The fourth-order valence-corrected chi connectivity index (χ4v) is 4.07. The van der Waals surface area contributed by atoms with Crippen molar-refractivity contribution in [3.63, 3.8) is 0 Å². The SMILES string of the molecule is CCCCc1nc2c(N)nc3cccnc3c2n1CCC(Cc1ccccc1)C(N)=O.Cl. The average molecular weight is 453 g/mol. The first-order chi connectivity index (χ1) is 15.1. The summed E-state index contributed by atoms with van der Waals surface area (Å²) in [6.07, 6.45) is 5.91. The van der Waals surface area contributed by atoms with Crippen molar-refractivity contribution in [2.45, 2.75) is 45.6 Å². The van der Waals surface area contributed by atoms with Crippen LogP contribution in [-0.2, 0) is 24.2 Å². The van der Waals surface area contributed by atoms with Crippen LogP contribution in [0.3, 0.4) is 0 Å². The maximum absolute atomic E-state index is 12.2. The van der Waals surface area contributed by atoms with E-state index in [4.69, 9.17) is 16.5 Å². The molecule has 0 spiro atoms. The van der Waals surface area contributed by atoms with Crippen LogP contribution in [0.2, 0.25) is 0 Å². The summed E-state index contributed by atoms with van der Waals surface area (Å²) < 4.78 is 2.17. The molecule has 0 aliphatic carbocycles. The molecule has 3 aromatic heterocycles. The quantitative estimate of drug-likeness (QED) is 0.397. The van der Waals surface area contributed by atoms with Crippen LogP contribution in [0, 0.1) is 5.92 Å². The van der Waals surface area contributed by atoms with Gasteiger partial charge in [0.05, 0.1) is 5.52 Å². The molecule has 8 heteroatoms. The van der Waals surface area contributed by atoms with Crippen LogP contribution in [0.1, 0.15) is 37.6 Å². The Labute approximate surface area is 193 Å². The molecule has 0 fully saturated rings. The monoisotopic (exact) mass is 452 g/mol. The first-order valence-electron chi connectivity index (χ1n) is 10.8. The lowest BCUT2D eigenvalue weighted by molar-refractivity contribution is -0.122. The number of aromatic nitrogens is 4. The van der Waals surface area contributed by atoms with E-state index in [1.165, 1.54) is 0 Å². The van der Waals surface area contributed by atoms with Gasteiger partial charge < -0.3 is 16.0 Å². The van der Waals surface area contributed by atoms with E-state index in [-0.39, 0.29) is 24.2 Å². The molecule has 4 aromatic rings. The van der Waals surface area contributed by atoms with Gasteiger partial charge in [0.2, 0.25) is 5.91 Å². The third kappa shape index (κ3) is 4.83. The third-order valence-corrected chi connectivity index (χ3v) is 5.72. The molecule has 0 aliphatic heterocycles. The van der Waals surface area contributed by atoms with E-state index in [1.807, 2.05) is 42.5 Å². The number of unbranched alkanes of at least 4 members (excludes halogenated alkanes) is 1. The van der Waals surface area contributed by atoms with Crippen LogP contribution >= 0.6 is 12.4 Å². The van der Waals surface area contributed by atoms with Crippen LogP contribution < -0.4 is 11.5 Å². The number of nitrogen functional groups attached to an aromatic ring is 1. The number of benzene rings is 1. The predicted molar refractivity (Wildman–Crippen MR) is 131 cm³/mol. The number of rotatable bonds is 9. The third-order valence-electron chi connectivity index (χ3n) is 5.72. The maximum atomic E-state index is 12.2. The Hall–Kier alpha value is -3.19. The van der Waals surface area contributed by atoms with Crippen LogP contribution in [-0.4, -0.2) is 25.4 Å². The number of nitrogens with two attached hydrogens (primary N) is 2. The summed E-state index contributed by atoms with van der Waals surface area (Å²) in [7, 11) is 0. The lowest BCUT2D eigenvalue weighted by atomic mass is 9.95. The van der Waals surface area contributed by atoms with Gasteiger partial charge in [-0.3, -0.25) is 9.78 Å². The summed E-state index contributed by atoms with van der Waals surface area (Å²) >= 11 is 0. The highest BCUT2D eigenvalue weighted by Crippen LogP contribution is 2.29. The highest BCUT2D eigenvalue weighted by molar-refractivity contribution is 6.04. The summed E-state index contributed by atoms with van der Waals surface area (Å²) in [4.78, 5) is 26.1. The Balaban J connectivity index is 0.00000289. The van der Waals surface area contributed by atoms with Crippen molar-refractivity contribution in [3.8, 4) is 0 Å². The summed E-state index contributed by atoms with van der Waals surface area (Å²) in [5.74, 6) is 0.805. The van der Waals surface area contributed by atoms with Crippen molar-refractivity contribution >= 4 is 46.2 Å². The van der Waals surface area contributed by atoms with Crippen molar-refractivity contribution in [1.29, 1.82) is 0 Å². The molecule has 1 atom stereocenters. The van der Waals surface area contributed by atoms with E-state index in [1.54, 1.807) is 6.20 Å². The molecule has 3 heterocycles. The lowest BCUT2D eigenvalue weighted by Gasteiger charge is -2.16. The standard InChI is InChI=1S/C24H28N6O.ClH/c1-2-3-11-19-29-21-22(20-18(28-23(21)25)10-7-13-27-20)30(19)14-12-17(24(26)31)15-16-8-5-4-6-9-16;/h4-10,13,17H,2-3,11-12,14-15H2,1H3,(H2,25,28)(H2,26,31);1H. The van der Waals surface area contributed by atoms with Gasteiger partial charge in [-0.25, -0.2) is 9.97 Å². The van der Waals surface area contributed by atoms with Gasteiger partial charge in [-0.15, -0.1) is 12.4 Å². The molecule has 32 heavy (non-hydrogen) atoms. The van der Waals surface area contributed by atoms with Gasteiger partial charge in [-0.2, -0.15) is 0 Å². The van der Waals surface area contributed by atoms with Gasteiger partial charge >= 0.3 is 0 Å². The van der Waals surface area contributed by atoms with E-state index in [0.29, 0.717) is 30.7 Å². The molecule has 1 amide bonds. The minimum Gasteiger partial charge on any atom is -0.382 e. The lowest BCUT2D eigenvalue weighted by Crippen LogP contribution is -2.26. The van der Waals surface area contributed by atoms with Gasteiger partial charge in [-0.05, 0) is 37.0 Å². The molecule has 7 nitrogen and oxygen atoms in total. The molecular weight excluding hydrogens is 424 g/mol. The zero-order valence-corrected chi connectivity index (χ0v) is 19.0. The number of hydrogen-bond acceptors (Lipinski definition) is 5. The van der Waals surface area contributed by atoms with Crippen LogP contribution in [0.5, 0.6) is 0 Å². The summed E-state index contributed by atoms with van der Waals surface area (Å²) in [5.41, 5.74) is 16.2. The van der Waals surface area contributed by atoms with Gasteiger partial charge in [0.25, 0.3) is 0 Å². The molecule has 0 saturated carbocycles. The molecule has 0 radical (unpaired) electrons. The fourth-order valence-electron chi connectivity index (χ4n) is 4.07. The van der Waals surface area contributed by atoms with Crippen LogP contribution in [0.15, 0.2) is 48.7 Å². The highest BCUT2D eigenvalue weighted by Gasteiger charge is 2.21. The molecule has 1 unspecified atom stereocenters. The minimum atomic E-state index is -0.285. The summed E-state index contributed by atoms with van der Waals surface area (Å²) in [5, 5.41) is 0. The number of pyridine rings is 2. The molecule has 1 aromatic carbocycles. The van der Waals surface area contributed by atoms with Crippen molar-refractivity contribution in [3.05, 3.63) is 60.0 Å². The topological polar surface area (TPSA) is 113 Å². The zero-order valence-electron chi connectivity index (χ0n) is 18.2. The van der Waals surface area contributed by atoms with E-state index >= 15 is 0 Å². The Bertz CT molecular complexity index is 1210. The van der Waals surface area contributed by atoms with Crippen molar-refractivity contribution < 1.29 is 4.79 Å². The highest BCUT2D eigenvalue weighted by atomic mass is 35.5. The molecule has 0 bridgehead atoms. The van der Waals surface area contributed by atoms with Crippen molar-refractivity contribution in [2.24, 2.45) is 11.7 Å². The molecule has 4 N–H and O–H groups in total. The summed E-state index contributed by atoms with van der Waals surface area (Å²) in [6, 6.07) is 13.7. The normalized spacial score (nSPS) is 12.0. The number of nitrogens with zero attached hydrogens (tertiary/aromatic N) is 4. The number of halogens is 1. The second-order valence-corrected chi connectivity index (χ2v) is 7.93. The van der Waals surface area contributed by atoms with Gasteiger partial charge in [-0.1, -0.05) is 43.7 Å². The van der Waals surface area contributed by atoms with Crippen LogP contribution in [0.4, 0.5) is 5.82 Å². The number of imidazole rings is 1. The number of aryl methyl sites for hydroxylation is 2.